The molecule has 0 saturated heterocycles. The molecule has 22 heavy (non-hydrogen) atoms. The summed E-state index contributed by atoms with van der Waals surface area (Å²) in [5.74, 6) is -0.713. The molecule has 0 atom stereocenters. The number of halogens is 1. The third kappa shape index (κ3) is 3.36. The Morgan fingerprint density at radius 2 is 2.23 bits per heavy atom. The molecule has 0 fully saturated rings. The number of rotatable bonds is 4. The molecule has 0 bridgehead atoms. The zero-order valence-electron chi connectivity index (χ0n) is 11.0. The van der Waals surface area contributed by atoms with E-state index in [1.165, 1.54) is 25.4 Å². The summed E-state index contributed by atoms with van der Waals surface area (Å²) in [6.45, 7) is 7.05. The molecule has 114 valence electrons. The summed E-state index contributed by atoms with van der Waals surface area (Å²) in [5, 5.41) is 0.103. The van der Waals surface area contributed by atoms with E-state index >= 15 is 0 Å². The van der Waals surface area contributed by atoms with Crippen LogP contribution in [0.1, 0.15) is 10.4 Å². The van der Waals surface area contributed by atoms with Crippen LogP contribution in [0, 0.1) is 6.57 Å². The first-order chi connectivity index (χ1) is 10.4. The number of carbonyl (C=O) groups excluding carboxylic acids is 1. The van der Waals surface area contributed by atoms with E-state index in [4.69, 9.17) is 18.2 Å². The number of carbonyl (C=O) groups is 1. The van der Waals surface area contributed by atoms with Crippen molar-refractivity contribution >= 4 is 49.7 Å². The highest BCUT2D eigenvalue weighted by Gasteiger charge is 2.20. The highest BCUT2D eigenvalue weighted by Crippen LogP contribution is 2.28. The van der Waals surface area contributed by atoms with Crippen molar-refractivity contribution in [3.05, 3.63) is 45.7 Å². The Labute approximate surface area is 135 Å². The van der Waals surface area contributed by atoms with Crippen LogP contribution in [0.4, 0.5) is 10.8 Å². The molecule has 0 amide bonds. The van der Waals surface area contributed by atoms with Crippen LogP contribution < -0.4 is 4.72 Å². The van der Waals surface area contributed by atoms with Gasteiger partial charge in [-0.2, -0.15) is 0 Å². The number of esters is 1. The number of sulfonamides is 1. The number of methoxy groups -OCH3 is 1. The second-order valence-corrected chi connectivity index (χ2v) is 7.20. The Morgan fingerprint density at radius 3 is 2.77 bits per heavy atom. The molecule has 0 aliphatic carbocycles. The first-order valence-electron chi connectivity index (χ1n) is 5.61. The van der Waals surface area contributed by atoms with Gasteiger partial charge < -0.3 is 4.74 Å². The molecule has 0 radical (unpaired) electrons. The molecule has 0 aliphatic heterocycles. The predicted octanol–water partition coefficient (Wildman–Crippen LogP) is 2.93. The molecule has 0 aliphatic rings. The predicted molar refractivity (Wildman–Crippen MR) is 82.0 cm³/mol. The van der Waals surface area contributed by atoms with Crippen molar-refractivity contribution in [1.82, 2.24) is 4.98 Å². The van der Waals surface area contributed by atoms with Crippen LogP contribution in [0.3, 0.4) is 0 Å². The van der Waals surface area contributed by atoms with Crippen molar-refractivity contribution < 1.29 is 17.9 Å². The smallest absolute Gasteiger partial charge is 0.327 e. The standard InChI is InChI=1S/C12H8ClN3O4S2/c1-14-9-5-7(3-4-8(9)11(17)20-2)22(18,19)16-12-15-6-10(13)21-12/h3-6H,2H3,(H,15,16). The normalized spacial score (nSPS) is 10.8. The van der Waals surface area contributed by atoms with Crippen LogP contribution in [0.25, 0.3) is 4.85 Å². The average Bonchev–Trinajstić information content (AvgIpc) is 2.90. The van der Waals surface area contributed by atoms with Gasteiger partial charge in [-0.15, -0.1) is 0 Å². The van der Waals surface area contributed by atoms with Gasteiger partial charge in [0.25, 0.3) is 10.0 Å². The van der Waals surface area contributed by atoms with Gasteiger partial charge in [-0.25, -0.2) is 23.0 Å². The van der Waals surface area contributed by atoms with Crippen LogP contribution in [0.2, 0.25) is 4.34 Å². The zero-order chi connectivity index (χ0) is 16.3. The number of thiazole rings is 1. The molecule has 1 heterocycles. The number of hydrogen-bond acceptors (Lipinski definition) is 6. The van der Waals surface area contributed by atoms with Gasteiger partial charge in [0.1, 0.15) is 4.34 Å². The third-order valence-corrected chi connectivity index (χ3v) is 5.00. The van der Waals surface area contributed by atoms with Crippen molar-refractivity contribution in [2.75, 3.05) is 11.8 Å². The summed E-state index contributed by atoms with van der Waals surface area (Å²) < 4.78 is 31.6. The molecule has 0 unspecified atom stereocenters. The van der Waals surface area contributed by atoms with Gasteiger partial charge >= 0.3 is 5.97 Å². The number of anilines is 1. The first-order valence-corrected chi connectivity index (χ1v) is 8.29. The molecule has 0 saturated carbocycles. The average molecular weight is 358 g/mol. The lowest BCUT2D eigenvalue weighted by atomic mass is 10.2. The largest absolute Gasteiger partial charge is 0.466 e. The lowest BCUT2D eigenvalue weighted by Gasteiger charge is -2.07. The first kappa shape index (κ1) is 16.2. The maximum atomic E-state index is 12.2. The fourth-order valence-electron chi connectivity index (χ4n) is 1.53. The summed E-state index contributed by atoms with van der Waals surface area (Å²) in [6.07, 6.45) is 1.31. The lowest BCUT2D eigenvalue weighted by Crippen LogP contribution is -2.13. The Bertz CT molecular complexity index is 871. The number of ether oxygens (including phenoxy) is 1. The quantitative estimate of drug-likeness (QED) is 0.671. The third-order valence-electron chi connectivity index (χ3n) is 2.50. The molecule has 2 rings (SSSR count). The minimum absolute atomic E-state index is 0.00579. The van der Waals surface area contributed by atoms with Gasteiger partial charge in [-0.1, -0.05) is 29.0 Å². The van der Waals surface area contributed by atoms with Crippen molar-refractivity contribution in [2.24, 2.45) is 0 Å². The number of nitrogens with zero attached hydrogens (tertiary/aromatic N) is 2. The van der Waals surface area contributed by atoms with E-state index in [2.05, 4.69) is 19.3 Å². The maximum Gasteiger partial charge on any atom is 0.327 e. The Hall–Kier alpha value is -2.15. The van der Waals surface area contributed by atoms with Gasteiger partial charge in [0, 0.05) is 0 Å². The van der Waals surface area contributed by atoms with Crippen molar-refractivity contribution in [3.8, 4) is 0 Å². The summed E-state index contributed by atoms with van der Waals surface area (Å²) in [5.41, 5.74) is -0.124. The van der Waals surface area contributed by atoms with Crippen LogP contribution in [-0.4, -0.2) is 26.5 Å². The van der Waals surface area contributed by atoms with E-state index < -0.39 is 16.0 Å². The fourth-order valence-corrected chi connectivity index (χ4v) is 3.60. The molecule has 1 aromatic heterocycles. The van der Waals surface area contributed by atoms with E-state index in [0.29, 0.717) is 4.34 Å². The topological polar surface area (TPSA) is 89.7 Å². The number of benzene rings is 1. The molecule has 10 heteroatoms. The Kier molecular flexibility index (Phi) is 4.65. The van der Waals surface area contributed by atoms with Crippen LogP contribution in [-0.2, 0) is 14.8 Å². The molecule has 1 aromatic carbocycles. The minimum atomic E-state index is -3.94. The lowest BCUT2D eigenvalue weighted by molar-refractivity contribution is 0.0602. The van der Waals surface area contributed by atoms with Crippen LogP contribution in [0.5, 0.6) is 0 Å². The SMILES string of the molecule is [C-]#[N+]c1cc(S(=O)(=O)Nc2ncc(Cl)s2)ccc1C(=O)OC. The summed E-state index contributed by atoms with van der Waals surface area (Å²) in [7, 11) is -2.76. The van der Waals surface area contributed by atoms with Crippen molar-refractivity contribution in [1.29, 1.82) is 0 Å². The molecule has 2 aromatic rings. The van der Waals surface area contributed by atoms with Crippen LogP contribution in [0.15, 0.2) is 29.3 Å². The van der Waals surface area contributed by atoms with Gasteiger partial charge in [-0.05, 0) is 12.1 Å². The van der Waals surface area contributed by atoms with Gasteiger partial charge in [0.05, 0.1) is 30.3 Å². The van der Waals surface area contributed by atoms with E-state index in [1.54, 1.807) is 0 Å². The number of nitrogens with one attached hydrogen (secondary N) is 1. The molecule has 7 nitrogen and oxygen atoms in total. The highest BCUT2D eigenvalue weighted by molar-refractivity contribution is 7.93. The zero-order valence-corrected chi connectivity index (χ0v) is 13.4. The Balaban J connectivity index is 2.40. The number of hydrogen-bond donors (Lipinski definition) is 1. The monoisotopic (exact) mass is 357 g/mol. The van der Waals surface area contributed by atoms with Gasteiger partial charge in [0.2, 0.25) is 5.69 Å². The van der Waals surface area contributed by atoms with E-state index in [1.807, 2.05) is 0 Å². The van der Waals surface area contributed by atoms with E-state index in [9.17, 15) is 13.2 Å². The second-order valence-electron chi connectivity index (χ2n) is 3.86. The highest BCUT2D eigenvalue weighted by atomic mass is 35.5. The van der Waals surface area contributed by atoms with Gasteiger partial charge in [-0.3, -0.25) is 4.72 Å². The minimum Gasteiger partial charge on any atom is -0.466 e. The molecular weight excluding hydrogens is 350 g/mol. The van der Waals surface area contributed by atoms with Gasteiger partial charge in [0.15, 0.2) is 5.13 Å². The van der Waals surface area contributed by atoms with Crippen molar-refractivity contribution in [2.45, 2.75) is 4.90 Å². The van der Waals surface area contributed by atoms with Crippen LogP contribution >= 0.6 is 22.9 Å². The number of aromatic nitrogens is 1. The summed E-state index contributed by atoms with van der Waals surface area (Å²) in [4.78, 5) is 18.3. The summed E-state index contributed by atoms with van der Waals surface area (Å²) in [6, 6.07) is 3.53. The maximum absolute atomic E-state index is 12.2. The molecule has 0 spiro atoms. The van der Waals surface area contributed by atoms with E-state index in [0.717, 1.165) is 17.4 Å². The fraction of sp³-hybridized carbons (Fsp3) is 0.0833. The van der Waals surface area contributed by atoms with E-state index in [-0.39, 0.29) is 21.3 Å². The van der Waals surface area contributed by atoms with Crippen molar-refractivity contribution in [3.63, 3.8) is 0 Å². The summed E-state index contributed by atoms with van der Waals surface area (Å²) >= 11 is 6.64. The second kappa shape index (κ2) is 6.31. The molecular formula is C12H8ClN3O4S2. The Morgan fingerprint density at radius 1 is 1.50 bits per heavy atom. The molecule has 1 N–H and O–H groups in total.